The molecule has 0 aromatic heterocycles. The van der Waals surface area contributed by atoms with E-state index in [1.807, 2.05) is 0 Å². The van der Waals surface area contributed by atoms with Crippen molar-refractivity contribution in [2.24, 2.45) is 5.73 Å². The number of hydrogen-bond acceptors (Lipinski definition) is 5. The van der Waals surface area contributed by atoms with E-state index in [1.165, 1.54) is 0 Å². The molecule has 0 saturated carbocycles. The molecular formula is C8H15NO4S. The normalized spacial score (nSPS) is 15.8. The average Bonchev–Trinajstić information content (AvgIpc) is 1.99. The highest BCUT2D eigenvalue weighted by Gasteiger charge is 2.44. The van der Waals surface area contributed by atoms with Gasteiger partial charge in [0.1, 0.15) is 5.60 Å². The van der Waals surface area contributed by atoms with Crippen LogP contribution in [0.2, 0.25) is 0 Å². The van der Waals surface area contributed by atoms with Crippen molar-refractivity contribution in [1.82, 2.24) is 0 Å². The van der Waals surface area contributed by atoms with Crippen LogP contribution in [-0.4, -0.2) is 33.9 Å². The molecule has 0 fully saturated rings. The summed E-state index contributed by atoms with van der Waals surface area (Å²) in [5.74, 6) is -2.73. The summed E-state index contributed by atoms with van der Waals surface area (Å²) >= 11 is 3.72. The zero-order valence-electron chi connectivity index (χ0n) is 8.40. The van der Waals surface area contributed by atoms with Crippen LogP contribution in [0.3, 0.4) is 0 Å². The van der Waals surface area contributed by atoms with Crippen molar-refractivity contribution in [1.29, 1.82) is 0 Å². The Morgan fingerprint density at radius 2 is 1.86 bits per heavy atom. The van der Waals surface area contributed by atoms with Crippen molar-refractivity contribution >= 4 is 24.6 Å². The number of thiol groups is 1. The summed E-state index contributed by atoms with van der Waals surface area (Å²) in [4.78, 5) is 22.1. The molecule has 0 rings (SSSR count). The first kappa shape index (κ1) is 13.2. The van der Waals surface area contributed by atoms with Crippen LogP contribution in [-0.2, 0) is 14.3 Å². The fourth-order valence-corrected chi connectivity index (χ4v) is 0.853. The molecule has 1 atom stereocenters. The summed E-state index contributed by atoms with van der Waals surface area (Å²) in [5.41, 5.74) is 2.50. The van der Waals surface area contributed by atoms with E-state index in [1.54, 1.807) is 20.8 Å². The zero-order valence-corrected chi connectivity index (χ0v) is 9.30. The Labute approximate surface area is 88.0 Å². The van der Waals surface area contributed by atoms with Crippen LogP contribution >= 0.6 is 12.6 Å². The van der Waals surface area contributed by atoms with Crippen molar-refractivity contribution in [3.63, 3.8) is 0 Å². The second kappa shape index (κ2) is 4.18. The lowest BCUT2D eigenvalue weighted by Gasteiger charge is -2.26. The Kier molecular flexibility index (Phi) is 3.96. The molecule has 0 bridgehead atoms. The standard InChI is InChI=1S/C8H15NO4S/c1-7(2,3)13-6(12)8(9,4-14)5(10)11/h14H,4,9H2,1-3H3,(H,10,11). The lowest BCUT2D eigenvalue weighted by atomic mass is 10.0. The Hall–Kier alpha value is -0.750. The molecule has 5 nitrogen and oxygen atoms in total. The van der Waals surface area contributed by atoms with Crippen molar-refractivity contribution < 1.29 is 19.4 Å². The summed E-state index contributed by atoms with van der Waals surface area (Å²) in [5, 5.41) is 8.73. The van der Waals surface area contributed by atoms with Gasteiger partial charge in [0.15, 0.2) is 0 Å². The SMILES string of the molecule is CC(C)(C)OC(=O)C(N)(CS)C(=O)O. The van der Waals surface area contributed by atoms with Gasteiger partial charge in [-0.15, -0.1) is 0 Å². The third-order valence-electron chi connectivity index (χ3n) is 1.39. The largest absolute Gasteiger partial charge is 0.479 e. The van der Waals surface area contributed by atoms with Crippen molar-refractivity contribution in [3.8, 4) is 0 Å². The van der Waals surface area contributed by atoms with Crippen LogP contribution in [0.25, 0.3) is 0 Å². The molecule has 0 saturated heterocycles. The van der Waals surface area contributed by atoms with Gasteiger partial charge in [0.05, 0.1) is 0 Å². The molecule has 0 aliphatic rings. The second-order valence-electron chi connectivity index (χ2n) is 3.94. The van der Waals surface area contributed by atoms with Gasteiger partial charge in [-0.05, 0) is 20.8 Å². The third-order valence-corrected chi connectivity index (χ3v) is 1.89. The zero-order chi connectivity index (χ0) is 11.6. The Morgan fingerprint density at radius 1 is 1.43 bits per heavy atom. The molecule has 3 N–H and O–H groups in total. The number of nitrogens with two attached hydrogens (primary N) is 1. The molecule has 0 amide bonds. The summed E-state index contributed by atoms with van der Waals surface area (Å²) in [6, 6.07) is 0. The fourth-order valence-electron chi connectivity index (χ4n) is 0.589. The van der Waals surface area contributed by atoms with Crippen LogP contribution in [0.4, 0.5) is 0 Å². The average molecular weight is 221 g/mol. The molecule has 6 heteroatoms. The van der Waals surface area contributed by atoms with Gasteiger partial charge in [0.25, 0.3) is 0 Å². The molecule has 0 aromatic rings. The van der Waals surface area contributed by atoms with Crippen LogP contribution in [0.15, 0.2) is 0 Å². The molecule has 1 unspecified atom stereocenters. The van der Waals surface area contributed by atoms with Crippen molar-refractivity contribution in [3.05, 3.63) is 0 Å². The number of carbonyl (C=O) groups excluding carboxylic acids is 1. The van der Waals surface area contributed by atoms with Crippen molar-refractivity contribution in [2.45, 2.75) is 31.9 Å². The first-order chi connectivity index (χ1) is 6.13. The molecule has 0 radical (unpaired) electrons. The summed E-state index contributed by atoms with van der Waals surface area (Å²) in [6.07, 6.45) is 0. The highest BCUT2D eigenvalue weighted by atomic mass is 32.1. The van der Waals surface area contributed by atoms with Gasteiger partial charge < -0.3 is 15.6 Å². The molecule has 0 aliphatic carbocycles. The topological polar surface area (TPSA) is 89.6 Å². The Morgan fingerprint density at radius 3 is 2.07 bits per heavy atom. The highest BCUT2D eigenvalue weighted by molar-refractivity contribution is 7.80. The van der Waals surface area contributed by atoms with Gasteiger partial charge in [0.2, 0.25) is 5.54 Å². The fraction of sp³-hybridized carbons (Fsp3) is 0.750. The minimum absolute atomic E-state index is 0.308. The quantitative estimate of drug-likeness (QED) is 0.356. The maximum atomic E-state index is 11.4. The minimum atomic E-state index is -2.07. The van der Waals surface area contributed by atoms with Crippen LogP contribution in [0.1, 0.15) is 20.8 Å². The third kappa shape index (κ3) is 3.19. The van der Waals surface area contributed by atoms with Gasteiger partial charge in [-0.3, -0.25) is 0 Å². The van der Waals surface area contributed by atoms with E-state index in [0.29, 0.717) is 0 Å². The van der Waals surface area contributed by atoms with E-state index in [4.69, 9.17) is 15.6 Å². The molecule has 82 valence electrons. The van der Waals surface area contributed by atoms with E-state index in [0.717, 1.165) is 0 Å². The van der Waals surface area contributed by atoms with E-state index < -0.39 is 23.1 Å². The number of rotatable bonds is 3. The monoisotopic (exact) mass is 221 g/mol. The maximum Gasteiger partial charge on any atom is 0.339 e. The predicted octanol–water partition coefficient (Wildman–Crippen LogP) is 0.0400. The summed E-state index contributed by atoms with van der Waals surface area (Å²) in [6.45, 7) is 4.89. The van der Waals surface area contributed by atoms with Gasteiger partial charge in [-0.2, -0.15) is 12.6 Å². The van der Waals surface area contributed by atoms with Crippen LogP contribution < -0.4 is 5.73 Å². The number of esters is 1. The van der Waals surface area contributed by atoms with Gasteiger partial charge in [-0.1, -0.05) is 0 Å². The lowest BCUT2D eigenvalue weighted by Crippen LogP contribution is -2.58. The number of carbonyl (C=O) groups is 2. The van der Waals surface area contributed by atoms with Gasteiger partial charge in [0, 0.05) is 5.75 Å². The molecule has 0 spiro atoms. The first-order valence-corrected chi connectivity index (χ1v) is 4.63. The number of carboxylic acids is 1. The highest BCUT2D eigenvalue weighted by Crippen LogP contribution is 2.14. The second-order valence-corrected chi connectivity index (χ2v) is 4.25. The number of aliphatic carboxylic acids is 1. The number of hydrogen-bond donors (Lipinski definition) is 3. The summed E-state index contributed by atoms with van der Waals surface area (Å²) < 4.78 is 4.86. The molecule has 0 aliphatic heterocycles. The Balaban J connectivity index is 4.73. The van der Waals surface area contributed by atoms with Crippen LogP contribution in [0.5, 0.6) is 0 Å². The molecular weight excluding hydrogens is 206 g/mol. The molecule has 0 aromatic carbocycles. The van der Waals surface area contributed by atoms with Crippen LogP contribution in [0, 0.1) is 0 Å². The maximum absolute atomic E-state index is 11.4. The number of ether oxygens (including phenoxy) is 1. The van der Waals surface area contributed by atoms with E-state index in [-0.39, 0.29) is 5.75 Å². The smallest absolute Gasteiger partial charge is 0.339 e. The number of carboxylic acid groups (broad SMARTS) is 1. The van der Waals surface area contributed by atoms with E-state index in [9.17, 15) is 9.59 Å². The summed E-state index contributed by atoms with van der Waals surface area (Å²) in [7, 11) is 0. The van der Waals surface area contributed by atoms with Crippen molar-refractivity contribution in [2.75, 3.05) is 5.75 Å². The van der Waals surface area contributed by atoms with E-state index >= 15 is 0 Å². The van der Waals surface area contributed by atoms with Gasteiger partial charge >= 0.3 is 11.9 Å². The molecule has 14 heavy (non-hydrogen) atoms. The van der Waals surface area contributed by atoms with E-state index in [2.05, 4.69) is 12.6 Å². The minimum Gasteiger partial charge on any atom is -0.479 e. The Bertz CT molecular complexity index is 248. The predicted molar refractivity (Wildman–Crippen MR) is 54.3 cm³/mol. The van der Waals surface area contributed by atoms with Gasteiger partial charge in [-0.25, -0.2) is 9.59 Å². The molecule has 0 heterocycles. The first-order valence-electron chi connectivity index (χ1n) is 4.00. The lowest BCUT2D eigenvalue weighted by molar-refractivity contribution is -0.167.